The first kappa shape index (κ1) is 21.6. The fourth-order valence-corrected chi connectivity index (χ4v) is 3.07. The monoisotopic (exact) mass is 451 g/mol. The van der Waals surface area contributed by atoms with Crippen LogP contribution in [0.4, 0.5) is 40.6 Å². The minimum atomic E-state index is -4.86. The molecule has 1 amide bonds. The highest BCUT2D eigenvalue weighted by molar-refractivity contribution is 6.01. The first-order valence-corrected chi connectivity index (χ1v) is 9.51. The van der Waals surface area contributed by atoms with Gasteiger partial charge in [-0.1, -0.05) is 5.10 Å². The lowest BCUT2D eigenvalue weighted by Gasteiger charge is -2.28. The molecule has 1 fully saturated rings. The number of nitrogens with one attached hydrogen (secondary N) is 2. The van der Waals surface area contributed by atoms with Crippen molar-refractivity contribution >= 4 is 29.0 Å². The number of carbonyl (C=O) groups excluding carboxylic acids is 1. The molecule has 32 heavy (non-hydrogen) atoms. The fourth-order valence-electron chi connectivity index (χ4n) is 3.07. The normalized spacial score (nSPS) is 14.3. The van der Waals surface area contributed by atoms with E-state index in [9.17, 15) is 22.4 Å². The highest BCUT2D eigenvalue weighted by atomic mass is 19.4. The van der Waals surface area contributed by atoms with Gasteiger partial charge in [0.1, 0.15) is 5.82 Å². The zero-order valence-corrected chi connectivity index (χ0v) is 16.4. The molecule has 1 saturated heterocycles. The average Bonchev–Trinajstić information content (AvgIpc) is 3.24. The standard InChI is InChI=1S/C20H17F4N5O3/c21-16-6-3-13(11-15(16)20(22,23)24)26-19-28-27-18(32-19)17(30)25-12-1-4-14(5-2-12)29-7-9-31-10-8-29/h1-6,11H,7-10H2,(H,25,30)(H,26,28). The molecule has 2 N–H and O–H groups in total. The fraction of sp³-hybridized carbons (Fsp3) is 0.250. The predicted octanol–water partition coefficient (Wildman–Crippen LogP) is 4.06. The third-order valence-corrected chi connectivity index (χ3v) is 4.64. The van der Waals surface area contributed by atoms with Gasteiger partial charge in [-0.3, -0.25) is 4.79 Å². The van der Waals surface area contributed by atoms with Crippen LogP contribution in [0.3, 0.4) is 0 Å². The van der Waals surface area contributed by atoms with Crippen molar-refractivity contribution < 1.29 is 31.5 Å². The van der Waals surface area contributed by atoms with Gasteiger partial charge in [0.05, 0.1) is 18.8 Å². The van der Waals surface area contributed by atoms with Crippen LogP contribution in [0, 0.1) is 5.82 Å². The van der Waals surface area contributed by atoms with E-state index in [1.807, 2.05) is 12.1 Å². The number of rotatable bonds is 5. The third-order valence-electron chi connectivity index (χ3n) is 4.64. The van der Waals surface area contributed by atoms with Crippen LogP contribution in [0.15, 0.2) is 46.9 Å². The van der Waals surface area contributed by atoms with E-state index in [-0.39, 0.29) is 11.7 Å². The molecule has 3 aromatic rings. The summed E-state index contributed by atoms with van der Waals surface area (Å²) >= 11 is 0. The van der Waals surface area contributed by atoms with Crippen molar-refractivity contribution in [2.45, 2.75) is 6.18 Å². The van der Waals surface area contributed by atoms with E-state index in [1.54, 1.807) is 12.1 Å². The van der Waals surface area contributed by atoms with Gasteiger partial charge in [0.15, 0.2) is 0 Å². The van der Waals surface area contributed by atoms with Crippen LogP contribution in [-0.2, 0) is 10.9 Å². The molecule has 1 aliphatic heterocycles. The lowest BCUT2D eigenvalue weighted by atomic mass is 10.2. The van der Waals surface area contributed by atoms with Gasteiger partial charge in [-0.15, -0.1) is 5.10 Å². The highest BCUT2D eigenvalue weighted by Gasteiger charge is 2.34. The Morgan fingerprint density at radius 2 is 1.69 bits per heavy atom. The van der Waals surface area contributed by atoms with Crippen molar-refractivity contribution in [3.05, 3.63) is 59.7 Å². The van der Waals surface area contributed by atoms with E-state index in [0.29, 0.717) is 31.0 Å². The average molecular weight is 451 g/mol. The minimum absolute atomic E-state index is 0.131. The quantitative estimate of drug-likeness (QED) is 0.565. The summed E-state index contributed by atoms with van der Waals surface area (Å²) in [7, 11) is 0. The molecule has 0 radical (unpaired) electrons. The molecule has 12 heteroatoms. The zero-order chi connectivity index (χ0) is 22.7. The van der Waals surface area contributed by atoms with Crippen LogP contribution < -0.4 is 15.5 Å². The van der Waals surface area contributed by atoms with Gasteiger partial charge in [-0.25, -0.2) is 4.39 Å². The topological polar surface area (TPSA) is 92.5 Å². The van der Waals surface area contributed by atoms with Crippen LogP contribution in [-0.4, -0.2) is 42.4 Å². The molecule has 0 spiro atoms. The number of ether oxygens (including phenoxy) is 1. The van der Waals surface area contributed by atoms with Gasteiger partial charge in [0.25, 0.3) is 0 Å². The number of hydrogen-bond donors (Lipinski definition) is 2. The number of alkyl halides is 3. The molecule has 0 unspecified atom stereocenters. The lowest BCUT2D eigenvalue weighted by Crippen LogP contribution is -2.36. The summed E-state index contributed by atoms with van der Waals surface area (Å²) in [6.07, 6.45) is -4.86. The highest BCUT2D eigenvalue weighted by Crippen LogP contribution is 2.33. The van der Waals surface area contributed by atoms with Gasteiger partial charge < -0.3 is 24.7 Å². The number of aromatic nitrogens is 2. The predicted molar refractivity (Wildman–Crippen MR) is 106 cm³/mol. The van der Waals surface area contributed by atoms with E-state index >= 15 is 0 Å². The van der Waals surface area contributed by atoms with Crippen molar-refractivity contribution in [3.63, 3.8) is 0 Å². The van der Waals surface area contributed by atoms with E-state index in [4.69, 9.17) is 9.15 Å². The maximum Gasteiger partial charge on any atom is 0.419 e. The second-order valence-electron chi connectivity index (χ2n) is 6.83. The van der Waals surface area contributed by atoms with Crippen molar-refractivity contribution in [1.29, 1.82) is 0 Å². The van der Waals surface area contributed by atoms with Crippen LogP contribution in [0.25, 0.3) is 0 Å². The number of halogens is 4. The Morgan fingerprint density at radius 1 is 1.00 bits per heavy atom. The Morgan fingerprint density at radius 3 is 2.38 bits per heavy atom. The second kappa shape index (κ2) is 8.83. The summed E-state index contributed by atoms with van der Waals surface area (Å²) in [5.41, 5.74) is -0.0882. The van der Waals surface area contributed by atoms with Crippen molar-refractivity contribution in [2.75, 3.05) is 41.8 Å². The Balaban J connectivity index is 1.40. The number of hydrogen-bond acceptors (Lipinski definition) is 7. The second-order valence-corrected chi connectivity index (χ2v) is 6.83. The summed E-state index contributed by atoms with van der Waals surface area (Å²) in [6.45, 7) is 2.87. The number of morpholine rings is 1. The number of carbonyl (C=O) groups is 1. The lowest BCUT2D eigenvalue weighted by molar-refractivity contribution is -0.139. The molecule has 0 atom stereocenters. The van der Waals surface area contributed by atoms with E-state index < -0.39 is 29.4 Å². The maximum absolute atomic E-state index is 13.4. The van der Waals surface area contributed by atoms with Crippen LogP contribution in [0.2, 0.25) is 0 Å². The summed E-state index contributed by atoms with van der Waals surface area (Å²) in [5, 5.41) is 12.2. The van der Waals surface area contributed by atoms with E-state index in [0.717, 1.165) is 24.8 Å². The number of anilines is 4. The van der Waals surface area contributed by atoms with Gasteiger partial charge in [-0.2, -0.15) is 13.2 Å². The van der Waals surface area contributed by atoms with Crippen LogP contribution in [0.5, 0.6) is 0 Å². The van der Waals surface area contributed by atoms with Gasteiger partial charge in [0, 0.05) is 30.2 Å². The molecule has 0 saturated carbocycles. The smallest absolute Gasteiger partial charge is 0.399 e. The Kier molecular flexibility index (Phi) is 5.95. The molecule has 4 rings (SSSR count). The van der Waals surface area contributed by atoms with Crippen molar-refractivity contribution in [2.24, 2.45) is 0 Å². The largest absolute Gasteiger partial charge is 0.419 e. The molecule has 0 bridgehead atoms. The van der Waals surface area contributed by atoms with Crippen molar-refractivity contribution in [3.8, 4) is 0 Å². The molecule has 168 valence electrons. The third kappa shape index (κ3) is 4.97. The number of amides is 1. The SMILES string of the molecule is O=C(Nc1ccc(N2CCOCC2)cc1)c1nnc(Nc2ccc(F)c(C(F)(F)F)c2)o1. The molecule has 0 aliphatic carbocycles. The maximum atomic E-state index is 13.4. The molecule has 2 aromatic carbocycles. The van der Waals surface area contributed by atoms with Crippen molar-refractivity contribution in [1.82, 2.24) is 10.2 Å². The zero-order valence-electron chi connectivity index (χ0n) is 16.4. The molecule has 1 aromatic heterocycles. The Labute approximate surface area is 179 Å². The molecular formula is C20H17F4N5O3. The van der Waals surface area contributed by atoms with E-state index in [1.165, 1.54) is 0 Å². The molecule has 1 aliphatic rings. The van der Waals surface area contributed by atoms with Gasteiger partial charge in [-0.05, 0) is 42.5 Å². The molecule has 8 nitrogen and oxygen atoms in total. The first-order chi connectivity index (χ1) is 15.3. The minimum Gasteiger partial charge on any atom is -0.399 e. The Hall–Kier alpha value is -3.67. The van der Waals surface area contributed by atoms with E-state index in [2.05, 4.69) is 25.7 Å². The van der Waals surface area contributed by atoms with Crippen LogP contribution in [0.1, 0.15) is 16.2 Å². The summed E-state index contributed by atoms with van der Waals surface area (Å²) < 4.78 is 62.4. The molecule has 2 heterocycles. The summed E-state index contributed by atoms with van der Waals surface area (Å²) in [4.78, 5) is 14.5. The number of nitrogens with zero attached hydrogens (tertiary/aromatic N) is 3. The van der Waals surface area contributed by atoms with Gasteiger partial charge in [0.2, 0.25) is 0 Å². The summed E-state index contributed by atoms with van der Waals surface area (Å²) in [6, 6.07) is 9.13. The van der Waals surface area contributed by atoms with Crippen LogP contribution >= 0.6 is 0 Å². The van der Waals surface area contributed by atoms with Gasteiger partial charge >= 0.3 is 24.0 Å². The Bertz CT molecular complexity index is 1100. The summed E-state index contributed by atoms with van der Waals surface area (Å²) in [5.74, 6) is -2.50. The first-order valence-electron chi connectivity index (χ1n) is 9.51. The number of benzene rings is 2. The molecular weight excluding hydrogens is 434 g/mol.